The Morgan fingerprint density at radius 3 is 1.92 bits per heavy atom. The van der Waals surface area contributed by atoms with Crippen LogP contribution in [0.3, 0.4) is 0 Å². The fraction of sp³-hybridized carbons (Fsp3) is 0.895. The second-order valence-electron chi connectivity index (χ2n) is 6.75. The van der Waals surface area contributed by atoms with Gasteiger partial charge in [0, 0.05) is 0 Å². The van der Waals surface area contributed by atoms with Crippen molar-refractivity contribution in [2.45, 2.75) is 85.0 Å². The molecule has 0 spiro atoms. The van der Waals surface area contributed by atoms with Crippen LogP contribution in [0.1, 0.15) is 85.0 Å². The number of unbranched alkanes of at least 4 members (excludes halogenated alkanes) is 9. The van der Waals surface area contributed by atoms with E-state index in [0.29, 0.717) is 13.2 Å². The maximum atomic E-state index is 11.5. The number of ether oxygens (including phenoxy) is 2. The van der Waals surface area contributed by atoms with Gasteiger partial charge in [0.1, 0.15) is 6.54 Å². The summed E-state index contributed by atoms with van der Waals surface area (Å²) in [7, 11) is 0. The largest absolute Gasteiger partial charge is 0.464 e. The van der Waals surface area contributed by atoms with Crippen LogP contribution in [-0.4, -0.2) is 31.8 Å². The smallest absolute Gasteiger partial charge is 0.407 e. The van der Waals surface area contributed by atoms with Crippen LogP contribution in [0.4, 0.5) is 4.79 Å². The van der Waals surface area contributed by atoms with Gasteiger partial charge in [-0.1, -0.05) is 78.6 Å². The van der Waals surface area contributed by atoms with Crippen molar-refractivity contribution in [3.8, 4) is 0 Å². The number of carbonyl (C=O) groups excluding carboxylic acids is 2. The predicted octanol–water partition coefficient (Wildman–Crippen LogP) is 4.83. The second kappa shape index (κ2) is 16.6. The van der Waals surface area contributed by atoms with E-state index in [0.717, 1.165) is 12.8 Å². The van der Waals surface area contributed by atoms with Crippen LogP contribution in [0.2, 0.25) is 0 Å². The molecule has 5 nitrogen and oxygen atoms in total. The highest BCUT2D eigenvalue weighted by Crippen LogP contribution is 2.10. The molecule has 0 saturated carbocycles. The monoisotopic (exact) mass is 343 g/mol. The number of hydrogen-bond acceptors (Lipinski definition) is 4. The molecule has 24 heavy (non-hydrogen) atoms. The lowest BCUT2D eigenvalue weighted by atomic mass is 10.1. The van der Waals surface area contributed by atoms with Gasteiger partial charge in [-0.05, 0) is 12.3 Å². The zero-order chi connectivity index (χ0) is 18.0. The van der Waals surface area contributed by atoms with Crippen LogP contribution in [0.25, 0.3) is 0 Å². The van der Waals surface area contributed by atoms with Crippen molar-refractivity contribution in [2.24, 2.45) is 5.92 Å². The molecular weight excluding hydrogens is 306 g/mol. The number of nitrogens with one attached hydrogen (secondary N) is 1. The van der Waals surface area contributed by atoms with Gasteiger partial charge in [-0.3, -0.25) is 4.79 Å². The molecule has 142 valence electrons. The van der Waals surface area contributed by atoms with Crippen molar-refractivity contribution >= 4 is 12.1 Å². The Kier molecular flexibility index (Phi) is 15.7. The molecule has 0 bridgehead atoms. The molecule has 0 atom stereocenters. The third-order valence-corrected chi connectivity index (χ3v) is 3.69. The molecule has 0 aromatic rings. The quantitative estimate of drug-likeness (QED) is 0.341. The number of carbonyl (C=O) groups is 2. The standard InChI is InChI=1S/C19H37NO4/c1-4-5-6-7-8-9-10-11-12-13-14-23-18(21)15-20-19(22)24-16-17(2)3/h17H,4-16H2,1-3H3,(H,20,22). The maximum Gasteiger partial charge on any atom is 0.407 e. The van der Waals surface area contributed by atoms with E-state index in [1.165, 1.54) is 51.4 Å². The fourth-order valence-corrected chi connectivity index (χ4v) is 2.26. The fourth-order valence-electron chi connectivity index (χ4n) is 2.26. The minimum Gasteiger partial charge on any atom is -0.464 e. The van der Waals surface area contributed by atoms with Crippen molar-refractivity contribution in [3.63, 3.8) is 0 Å². The van der Waals surface area contributed by atoms with Crippen molar-refractivity contribution in [2.75, 3.05) is 19.8 Å². The number of rotatable bonds is 15. The molecular formula is C19H37NO4. The molecule has 0 aromatic carbocycles. The third-order valence-electron chi connectivity index (χ3n) is 3.69. The van der Waals surface area contributed by atoms with Crippen molar-refractivity contribution in [1.29, 1.82) is 0 Å². The molecule has 0 rings (SSSR count). The first-order valence-electron chi connectivity index (χ1n) is 9.62. The van der Waals surface area contributed by atoms with Crippen LogP contribution in [-0.2, 0) is 14.3 Å². The van der Waals surface area contributed by atoms with Crippen molar-refractivity contribution < 1.29 is 19.1 Å². The van der Waals surface area contributed by atoms with E-state index in [-0.39, 0.29) is 12.5 Å². The van der Waals surface area contributed by atoms with Gasteiger partial charge >= 0.3 is 12.1 Å². The van der Waals surface area contributed by atoms with Gasteiger partial charge < -0.3 is 14.8 Å². The molecule has 1 N–H and O–H groups in total. The van der Waals surface area contributed by atoms with E-state index in [1.807, 2.05) is 13.8 Å². The van der Waals surface area contributed by atoms with Gasteiger partial charge in [-0.15, -0.1) is 0 Å². The highest BCUT2D eigenvalue weighted by atomic mass is 16.6. The first-order chi connectivity index (χ1) is 11.6. The Morgan fingerprint density at radius 1 is 0.833 bits per heavy atom. The summed E-state index contributed by atoms with van der Waals surface area (Å²) in [5.41, 5.74) is 0. The minimum atomic E-state index is -0.570. The summed E-state index contributed by atoms with van der Waals surface area (Å²) in [5, 5.41) is 2.39. The summed E-state index contributed by atoms with van der Waals surface area (Å²) in [6.45, 7) is 6.79. The van der Waals surface area contributed by atoms with Crippen LogP contribution in [0.15, 0.2) is 0 Å². The molecule has 0 aliphatic heterocycles. The molecule has 0 fully saturated rings. The van der Waals surface area contributed by atoms with E-state index in [2.05, 4.69) is 12.2 Å². The summed E-state index contributed by atoms with van der Waals surface area (Å²) in [4.78, 5) is 22.7. The third kappa shape index (κ3) is 17.1. The van der Waals surface area contributed by atoms with Gasteiger partial charge in [-0.25, -0.2) is 4.79 Å². The Bertz CT molecular complexity index is 318. The molecule has 0 radical (unpaired) electrons. The maximum absolute atomic E-state index is 11.5. The first-order valence-corrected chi connectivity index (χ1v) is 9.62. The van der Waals surface area contributed by atoms with Gasteiger partial charge in [0.25, 0.3) is 0 Å². The summed E-state index contributed by atoms with van der Waals surface area (Å²) < 4.78 is 9.99. The number of alkyl carbamates (subject to hydrolysis) is 1. The first kappa shape index (κ1) is 22.7. The van der Waals surface area contributed by atoms with E-state index in [1.54, 1.807) is 0 Å². The van der Waals surface area contributed by atoms with Gasteiger partial charge in [-0.2, -0.15) is 0 Å². The summed E-state index contributed by atoms with van der Waals surface area (Å²) >= 11 is 0. The van der Waals surface area contributed by atoms with Gasteiger partial charge in [0.05, 0.1) is 13.2 Å². The average Bonchev–Trinajstić information content (AvgIpc) is 2.56. The minimum absolute atomic E-state index is 0.130. The zero-order valence-electron chi connectivity index (χ0n) is 15.9. The highest BCUT2D eigenvalue weighted by molar-refractivity contribution is 5.77. The Hall–Kier alpha value is -1.26. The van der Waals surface area contributed by atoms with Crippen LogP contribution in [0.5, 0.6) is 0 Å². The molecule has 1 amide bonds. The number of esters is 1. The Balaban J connectivity index is 3.30. The van der Waals surface area contributed by atoms with Crippen LogP contribution >= 0.6 is 0 Å². The summed E-state index contributed by atoms with van der Waals surface area (Å²) in [5.74, 6) is -0.133. The number of amides is 1. The lowest BCUT2D eigenvalue weighted by Gasteiger charge is -2.09. The van der Waals surface area contributed by atoms with Crippen molar-refractivity contribution in [1.82, 2.24) is 5.32 Å². The molecule has 5 heteroatoms. The van der Waals surface area contributed by atoms with E-state index in [9.17, 15) is 9.59 Å². The molecule has 0 aliphatic carbocycles. The van der Waals surface area contributed by atoms with E-state index in [4.69, 9.17) is 9.47 Å². The van der Waals surface area contributed by atoms with Crippen molar-refractivity contribution in [3.05, 3.63) is 0 Å². The molecule has 0 heterocycles. The molecule has 0 unspecified atom stereocenters. The summed E-state index contributed by atoms with van der Waals surface area (Å²) in [6, 6.07) is 0. The Morgan fingerprint density at radius 2 is 1.38 bits per heavy atom. The Labute approximate surface area is 147 Å². The van der Waals surface area contributed by atoms with Gasteiger partial charge in [0.2, 0.25) is 0 Å². The second-order valence-corrected chi connectivity index (χ2v) is 6.75. The average molecular weight is 344 g/mol. The molecule has 0 saturated heterocycles. The lowest BCUT2D eigenvalue weighted by molar-refractivity contribution is -0.142. The highest BCUT2D eigenvalue weighted by Gasteiger charge is 2.07. The van der Waals surface area contributed by atoms with E-state index < -0.39 is 12.1 Å². The lowest BCUT2D eigenvalue weighted by Crippen LogP contribution is -2.32. The molecule has 0 aliphatic rings. The number of hydrogen-bond donors (Lipinski definition) is 1. The van der Waals surface area contributed by atoms with E-state index >= 15 is 0 Å². The normalized spacial score (nSPS) is 10.7. The molecule has 0 aromatic heterocycles. The summed E-state index contributed by atoms with van der Waals surface area (Å²) in [6.07, 6.45) is 11.9. The SMILES string of the molecule is CCCCCCCCCCCCOC(=O)CNC(=O)OCC(C)C. The van der Waals surface area contributed by atoms with Gasteiger partial charge in [0.15, 0.2) is 0 Å². The van der Waals surface area contributed by atoms with Crippen LogP contribution < -0.4 is 5.32 Å². The topological polar surface area (TPSA) is 64.6 Å². The predicted molar refractivity (Wildman–Crippen MR) is 97.0 cm³/mol. The zero-order valence-corrected chi connectivity index (χ0v) is 15.9. The van der Waals surface area contributed by atoms with Crippen LogP contribution in [0, 0.1) is 5.92 Å².